The van der Waals surface area contributed by atoms with Gasteiger partial charge in [-0.2, -0.15) is 0 Å². The first-order valence-corrected chi connectivity index (χ1v) is 5.15. The number of aliphatic hydroxyl groups excluding tert-OH is 1. The molecule has 0 heterocycles. The summed E-state index contributed by atoms with van der Waals surface area (Å²) in [4.78, 5) is 0. The van der Waals surface area contributed by atoms with E-state index in [4.69, 9.17) is 25.4 Å². The summed E-state index contributed by atoms with van der Waals surface area (Å²) in [5, 5.41) is 9.78. The number of ether oxygens (including phenoxy) is 4. The molecule has 1 aromatic carbocycles. The van der Waals surface area contributed by atoms with E-state index in [-0.39, 0.29) is 0 Å². The Labute approximate surface area is 106 Å². The molecule has 0 fully saturated rings. The van der Waals surface area contributed by atoms with Crippen LogP contribution in [0.5, 0.6) is 23.0 Å². The Hall–Kier alpha value is -2.06. The zero-order valence-electron chi connectivity index (χ0n) is 10.8. The van der Waals surface area contributed by atoms with E-state index in [1.807, 2.05) is 0 Å². The number of benzene rings is 1. The van der Waals surface area contributed by atoms with Crippen LogP contribution in [0.4, 0.5) is 0 Å². The second-order valence-corrected chi connectivity index (χ2v) is 3.34. The Morgan fingerprint density at radius 1 is 1.00 bits per heavy atom. The fourth-order valence-electron chi connectivity index (χ4n) is 1.65. The van der Waals surface area contributed by atoms with Crippen molar-refractivity contribution in [2.24, 2.45) is 0 Å². The Balaban J connectivity index is 3.59. The molecule has 5 heteroatoms. The van der Waals surface area contributed by atoms with Crippen LogP contribution < -0.4 is 18.9 Å². The molecule has 98 valence electrons. The number of rotatable bonds is 5. The van der Waals surface area contributed by atoms with Gasteiger partial charge < -0.3 is 24.1 Å². The highest BCUT2D eigenvalue weighted by molar-refractivity contribution is 5.64. The second-order valence-electron chi connectivity index (χ2n) is 3.34. The molecule has 5 nitrogen and oxygen atoms in total. The van der Waals surface area contributed by atoms with E-state index in [1.165, 1.54) is 28.4 Å². The number of hydrogen-bond acceptors (Lipinski definition) is 5. The zero-order valence-corrected chi connectivity index (χ0v) is 10.8. The first-order chi connectivity index (χ1) is 8.64. The highest BCUT2D eigenvalue weighted by Crippen LogP contribution is 2.48. The lowest BCUT2D eigenvalue weighted by atomic mass is 10.1. The summed E-state index contributed by atoms with van der Waals surface area (Å²) in [6.07, 6.45) is 4.10. The highest BCUT2D eigenvalue weighted by atomic mass is 16.5. The minimum absolute atomic E-state index is 0.320. The molecule has 0 bridgehead atoms. The van der Waals surface area contributed by atoms with Gasteiger partial charge in [-0.1, -0.05) is 5.92 Å². The molecule has 0 saturated heterocycles. The fraction of sp³-hybridized carbons (Fsp3) is 0.385. The Bertz CT molecular complexity index is 461. The van der Waals surface area contributed by atoms with Gasteiger partial charge in [0, 0.05) is 5.56 Å². The summed E-state index contributed by atoms with van der Waals surface area (Å²) in [5.41, 5.74) is 0.384. The van der Waals surface area contributed by atoms with Crippen molar-refractivity contribution in [2.75, 3.05) is 28.4 Å². The van der Waals surface area contributed by atoms with Gasteiger partial charge in [-0.15, -0.1) is 6.42 Å². The lowest BCUT2D eigenvalue weighted by Crippen LogP contribution is -2.04. The van der Waals surface area contributed by atoms with Gasteiger partial charge in [0.1, 0.15) is 6.10 Å². The second kappa shape index (κ2) is 6.03. The van der Waals surface area contributed by atoms with Gasteiger partial charge in [-0.3, -0.25) is 0 Å². The normalized spacial score (nSPS) is 11.3. The van der Waals surface area contributed by atoms with Gasteiger partial charge in [0.2, 0.25) is 11.5 Å². The molecule has 18 heavy (non-hydrogen) atoms. The van der Waals surface area contributed by atoms with Crippen molar-refractivity contribution in [1.82, 2.24) is 0 Å². The van der Waals surface area contributed by atoms with E-state index in [0.29, 0.717) is 28.6 Å². The molecule has 0 aliphatic heterocycles. The molecule has 0 radical (unpaired) electrons. The monoisotopic (exact) mass is 252 g/mol. The van der Waals surface area contributed by atoms with Crippen molar-refractivity contribution in [2.45, 2.75) is 6.10 Å². The van der Waals surface area contributed by atoms with Crippen LogP contribution >= 0.6 is 0 Å². The van der Waals surface area contributed by atoms with E-state index in [0.717, 1.165) is 0 Å². The molecule has 1 atom stereocenters. The first-order valence-electron chi connectivity index (χ1n) is 5.15. The average Bonchev–Trinajstić information content (AvgIpc) is 2.43. The maximum atomic E-state index is 9.78. The standard InChI is InChI=1S/C13H16O5/c1-6-9(14)8-7-10(15-2)12(17-4)13(18-5)11(8)16-3/h1,7,9,14H,2-5H3. The average molecular weight is 252 g/mol. The van der Waals surface area contributed by atoms with E-state index >= 15 is 0 Å². The van der Waals surface area contributed by atoms with Crippen molar-refractivity contribution < 1.29 is 24.1 Å². The molecule has 1 unspecified atom stereocenters. The van der Waals surface area contributed by atoms with E-state index < -0.39 is 6.10 Å². The van der Waals surface area contributed by atoms with Gasteiger partial charge in [0.05, 0.1) is 28.4 Å². The van der Waals surface area contributed by atoms with Crippen molar-refractivity contribution in [3.05, 3.63) is 11.6 Å². The van der Waals surface area contributed by atoms with E-state index in [1.54, 1.807) is 6.07 Å². The summed E-state index contributed by atoms with van der Waals surface area (Å²) in [5.74, 6) is 3.64. The molecule has 0 aromatic heterocycles. The Kier molecular flexibility index (Phi) is 4.69. The predicted molar refractivity (Wildman–Crippen MR) is 66.4 cm³/mol. The third-order valence-electron chi connectivity index (χ3n) is 2.47. The number of terminal acetylenes is 1. The summed E-state index contributed by atoms with van der Waals surface area (Å²) in [6.45, 7) is 0. The zero-order chi connectivity index (χ0) is 13.7. The molecule has 1 N–H and O–H groups in total. The van der Waals surface area contributed by atoms with Crippen molar-refractivity contribution in [1.29, 1.82) is 0 Å². The third kappa shape index (κ3) is 2.29. The first kappa shape index (κ1) is 14.0. The number of hydrogen-bond donors (Lipinski definition) is 1. The molecule has 1 rings (SSSR count). The fourth-order valence-corrected chi connectivity index (χ4v) is 1.65. The van der Waals surface area contributed by atoms with Gasteiger partial charge in [0.25, 0.3) is 0 Å². The molecule has 0 spiro atoms. The quantitative estimate of drug-likeness (QED) is 0.802. The van der Waals surface area contributed by atoms with Crippen LogP contribution in [0.2, 0.25) is 0 Å². The molecule has 0 saturated carbocycles. The van der Waals surface area contributed by atoms with E-state index in [9.17, 15) is 5.11 Å². The Morgan fingerprint density at radius 2 is 1.56 bits per heavy atom. The summed E-state index contributed by atoms with van der Waals surface area (Å²) >= 11 is 0. The number of methoxy groups -OCH3 is 4. The maximum absolute atomic E-state index is 9.78. The van der Waals surface area contributed by atoms with Gasteiger partial charge in [-0.05, 0) is 6.07 Å². The van der Waals surface area contributed by atoms with Crippen LogP contribution in [-0.4, -0.2) is 33.5 Å². The molecular formula is C13H16O5. The topological polar surface area (TPSA) is 57.2 Å². The lowest BCUT2D eigenvalue weighted by Gasteiger charge is -2.19. The maximum Gasteiger partial charge on any atom is 0.207 e. The summed E-state index contributed by atoms with van der Waals surface area (Å²) in [6, 6.07) is 1.56. The minimum Gasteiger partial charge on any atom is -0.493 e. The van der Waals surface area contributed by atoms with Crippen LogP contribution in [0.15, 0.2) is 6.07 Å². The third-order valence-corrected chi connectivity index (χ3v) is 2.47. The van der Waals surface area contributed by atoms with Crippen LogP contribution in [-0.2, 0) is 0 Å². The van der Waals surface area contributed by atoms with Gasteiger partial charge in [-0.25, -0.2) is 0 Å². The van der Waals surface area contributed by atoms with Gasteiger partial charge in [0.15, 0.2) is 11.5 Å². The van der Waals surface area contributed by atoms with Crippen molar-refractivity contribution >= 4 is 0 Å². The smallest absolute Gasteiger partial charge is 0.207 e. The Morgan fingerprint density at radius 3 is 1.94 bits per heavy atom. The predicted octanol–water partition coefficient (Wildman–Crippen LogP) is 1.39. The highest BCUT2D eigenvalue weighted by Gasteiger charge is 2.24. The van der Waals surface area contributed by atoms with Crippen LogP contribution in [0.1, 0.15) is 11.7 Å². The molecule has 0 aliphatic rings. The lowest BCUT2D eigenvalue weighted by molar-refractivity contribution is 0.227. The van der Waals surface area contributed by atoms with Crippen LogP contribution in [0.3, 0.4) is 0 Å². The molecular weight excluding hydrogens is 236 g/mol. The molecule has 0 amide bonds. The van der Waals surface area contributed by atoms with Crippen LogP contribution in [0.25, 0.3) is 0 Å². The molecule has 0 aliphatic carbocycles. The summed E-state index contributed by atoms with van der Waals surface area (Å²) in [7, 11) is 5.88. The minimum atomic E-state index is -1.12. The van der Waals surface area contributed by atoms with E-state index in [2.05, 4.69) is 5.92 Å². The summed E-state index contributed by atoms with van der Waals surface area (Å²) < 4.78 is 20.8. The van der Waals surface area contributed by atoms with Gasteiger partial charge >= 0.3 is 0 Å². The number of aliphatic hydroxyl groups is 1. The molecule has 1 aromatic rings. The van der Waals surface area contributed by atoms with Crippen LogP contribution in [0, 0.1) is 12.3 Å². The van der Waals surface area contributed by atoms with Crippen molar-refractivity contribution in [3.8, 4) is 35.3 Å². The SMILES string of the molecule is C#CC(O)c1cc(OC)c(OC)c(OC)c1OC. The largest absolute Gasteiger partial charge is 0.493 e. The van der Waals surface area contributed by atoms with Crippen molar-refractivity contribution in [3.63, 3.8) is 0 Å².